The lowest BCUT2D eigenvalue weighted by atomic mass is 10.1. The third-order valence-corrected chi connectivity index (χ3v) is 4.23. The van der Waals surface area contributed by atoms with E-state index in [0.29, 0.717) is 24.8 Å². The Morgan fingerprint density at radius 1 is 1.10 bits per heavy atom. The topological polar surface area (TPSA) is 136 Å². The Balaban J connectivity index is 1.76. The van der Waals surface area contributed by atoms with Crippen molar-refractivity contribution >= 4 is 11.8 Å². The number of methoxy groups -OCH3 is 2. The second kappa shape index (κ2) is 10.2. The molecule has 0 bridgehead atoms. The van der Waals surface area contributed by atoms with Gasteiger partial charge in [0.15, 0.2) is 17.3 Å². The van der Waals surface area contributed by atoms with E-state index >= 15 is 0 Å². The quantitative estimate of drug-likeness (QED) is 0.244. The first-order valence-electron chi connectivity index (χ1n) is 9.36. The minimum absolute atomic E-state index is 0.0128. The van der Waals surface area contributed by atoms with Crippen LogP contribution in [0.4, 0.5) is 0 Å². The van der Waals surface area contributed by atoms with E-state index in [9.17, 15) is 4.79 Å². The van der Waals surface area contributed by atoms with Crippen LogP contribution in [0.2, 0.25) is 0 Å². The number of nitrogens with one attached hydrogen (secondary N) is 2. The van der Waals surface area contributed by atoms with Gasteiger partial charge in [-0.15, -0.1) is 0 Å². The molecule has 0 aliphatic carbocycles. The molecule has 0 atom stereocenters. The molecule has 31 heavy (non-hydrogen) atoms. The van der Waals surface area contributed by atoms with Crippen LogP contribution in [-0.2, 0) is 15.9 Å². The average Bonchev–Trinajstić information content (AvgIpc) is 2.79. The summed E-state index contributed by atoms with van der Waals surface area (Å²) in [5, 5.41) is 20.4. The van der Waals surface area contributed by atoms with Gasteiger partial charge >= 0.3 is 5.97 Å². The second-order valence-electron chi connectivity index (χ2n) is 6.41. The number of carbonyl (C=O) groups is 1. The minimum atomic E-state index is -0.629. The van der Waals surface area contributed by atoms with Crippen LogP contribution < -0.4 is 10.2 Å². The number of ether oxygens (including phenoxy) is 3. The molecule has 10 nitrogen and oxygen atoms in total. The van der Waals surface area contributed by atoms with E-state index in [2.05, 4.69) is 19.8 Å². The zero-order valence-corrected chi connectivity index (χ0v) is 17.2. The molecule has 0 radical (unpaired) electrons. The minimum Gasteiger partial charge on any atom is -0.488 e. The molecule has 0 aliphatic rings. The van der Waals surface area contributed by atoms with Crippen molar-refractivity contribution in [3.8, 4) is 17.1 Å². The lowest BCUT2D eigenvalue weighted by molar-refractivity contribution is 0.0592. The fraction of sp³-hybridized carbons (Fsp3) is 0.238. The first-order chi connectivity index (χ1) is 15.0. The smallest absolute Gasteiger partial charge is 0.358 e. The van der Waals surface area contributed by atoms with E-state index in [0.717, 1.165) is 15.8 Å². The molecule has 2 heterocycles. The van der Waals surface area contributed by atoms with Gasteiger partial charge in [-0.3, -0.25) is 10.8 Å². The largest absolute Gasteiger partial charge is 0.488 e. The summed E-state index contributed by atoms with van der Waals surface area (Å²) >= 11 is 0. The Bertz CT molecular complexity index is 1130. The Kier molecular flexibility index (Phi) is 7.17. The third kappa shape index (κ3) is 5.58. The summed E-state index contributed by atoms with van der Waals surface area (Å²) in [6, 6.07) is 10.2. The summed E-state index contributed by atoms with van der Waals surface area (Å²) in [5.74, 6) is 0.479. The van der Waals surface area contributed by atoms with E-state index in [-0.39, 0.29) is 23.4 Å². The molecule has 0 saturated heterocycles. The highest BCUT2D eigenvalue weighted by Gasteiger charge is 2.12. The van der Waals surface area contributed by atoms with E-state index in [1.165, 1.54) is 19.2 Å². The molecule has 0 spiro atoms. The highest BCUT2D eigenvalue weighted by molar-refractivity contribution is 5.88. The summed E-state index contributed by atoms with van der Waals surface area (Å²) in [5.41, 5.74) is 1.60. The Hall–Kier alpha value is -3.92. The number of rotatable bonds is 8. The SMILES string of the molecule is COCCOc1cnc(-c2cccc(CC(=N)n3nc(C(=O)OC)ccc3=N)c2)nc1. The molecule has 0 amide bonds. The predicted molar refractivity (Wildman–Crippen MR) is 111 cm³/mol. The van der Waals surface area contributed by atoms with Gasteiger partial charge in [-0.1, -0.05) is 18.2 Å². The van der Waals surface area contributed by atoms with Gasteiger partial charge in [0.05, 0.1) is 26.1 Å². The maximum Gasteiger partial charge on any atom is 0.358 e. The van der Waals surface area contributed by atoms with E-state index in [1.807, 2.05) is 24.3 Å². The number of esters is 1. The summed E-state index contributed by atoms with van der Waals surface area (Å²) in [4.78, 5) is 20.4. The van der Waals surface area contributed by atoms with Crippen LogP contribution in [0.15, 0.2) is 48.8 Å². The standard InChI is InChI=1S/C21H22N6O4/c1-29-8-9-31-16-12-24-20(25-13-16)15-5-3-4-14(10-15)11-19(23)27-18(22)7-6-17(26-27)21(28)30-2/h3-7,10,12-13,22-23H,8-9,11H2,1-2H3. The lowest BCUT2D eigenvalue weighted by Crippen LogP contribution is -2.31. The molecule has 160 valence electrons. The molecular formula is C21H22N6O4. The lowest BCUT2D eigenvalue weighted by Gasteiger charge is -2.10. The van der Waals surface area contributed by atoms with Crippen molar-refractivity contribution in [2.45, 2.75) is 6.42 Å². The fourth-order valence-electron chi connectivity index (χ4n) is 2.71. The van der Waals surface area contributed by atoms with Crippen LogP contribution in [0.25, 0.3) is 11.4 Å². The fourth-order valence-corrected chi connectivity index (χ4v) is 2.71. The summed E-state index contributed by atoms with van der Waals surface area (Å²) in [7, 11) is 2.85. The molecule has 1 aromatic carbocycles. The molecule has 0 aliphatic heterocycles. The van der Waals surface area contributed by atoms with Crippen LogP contribution in [0.1, 0.15) is 16.1 Å². The summed E-state index contributed by atoms with van der Waals surface area (Å²) < 4.78 is 16.2. The van der Waals surface area contributed by atoms with Crippen LogP contribution >= 0.6 is 0 Å². The molecular weight excluding hydrogens is 400 g/mol. The van der Waals surface area contributed by atoms with Crippen molar-refractivity contribution in [1.29, 1.82) is 10.8 Å². The van der Waals surface area contributed by atoms with Gasteiger partial charge < -0.3 is 14.2 Å². The van der Waals surface area contributed by atoms with Gasteiger partial charge in [-0.05, 0) is 23.8 Å². The number of carbonyl (C=O) groups excluding carboxylic acids is 1. The maximum absolute atomic E-state index is 11.7. The monoisotopic (exact) mass is 422 g/mol. The zero-order valence-electron chi connectivity index (χ0n) is 17.2. The van der Waals surface area contributed by atoms with Crippen LogP contribution in [0.5, 0.6) is 5.75 Å². The van der Waals surface area contributed by atoms with Crippen LogP contribution in [0.3, 0.4) is 0 Å². The number of benzene rings is 1. The first-order valence-corrected chi connectivity index (χ1v) is 9.36. The number of aromatic nitrogens is 4. The molecule has 2 aromatic heterocycles. The molecule has 0 unspecified atom stereocenters. The highest BCUT2D eigenvalue weighted by Crippen LogP contribution is 2.18. The van der Waals surface area contributed by atoms with E-state index < -0.39 is 5.97 Å². The molecule has 2 N–H and O–H groups in total. The number of hydrogen-bond acceptors (Lipinski definition) is 9. The maximum atomic E-state index is 11.7. The Morgan fingerprint density at radius 2 is 1.87 bits per heavy atom. The van der Waals surface area contributed by atoms with E-state index in [1.54, 1.807) is 19.5 Å². The normalized spacial score (nSPS) is 10.5. The molecule has 3 aromatic rings. The molecule has 0 saturated carbocycles. The van der Waals surface area contributed by atoms with E-state index in [4.69, 9.17) is 20.3 Å². The summed E-state index contributed by atoms with van der Waals surface area (Å²) in [6.45, 7) is 0.892. The highest BCUT2D eigenvalue weighted by atomic mass is 16.5. The van der Waals surface area contributed by atoms with Crippen molar-refractivity contribution in [2.75, 3.05) is 27.4 Å². The van der Waals surface area contributed by atoms with Gasteiger partial charge in [0.2, 0.25) is 0 Å². The summed E-state index contributed by atoms with van der Waals surface area (Å²) in [6.07, 6.45) is 3.38. The number of nitrogens with zero attached hydrogens (tertiary/aromatic N) is 4. The zero-order chi connectivity index (χ0) is 22.2. The third-order valence-electron chi connectivity index (χ3n) is 4.23. The van der Waals surface area contributed by atoms with Crippen molar-refractivity contribution in [1.82, 2.24) is 19.7 Å². The number of hydrogen-bond donors (Lipinski definition) is 2. The van der Waals surface area contributed by atoms with Gasteiger partial charge in [-0.2, -0.15) is 5.10 Å². The Labute approximate surface area is 178 Å². The molecule has 10 heteroatoms. The predicted octanol–water partition coefficient (Wildman–Crippen LogP) is 1.70. The first kappa shape index (κ1) is 21.8. The molecule has 3 rings (SSSR count). The van der Waals surface area contributed by atoms with Gasteiger partial charge in [0.25, 0.3) is 0 Å². The van der Waals surface area contributed by atoms with Crippen molar-refractivity contribution in [3.05, 3.63) is 65.5 Å². The van der Waals surface area contributed by atoms with Gasteiger partial charge in [0, 0.05) is 19.1 Å². The van der Waals surface area contributed by atoms with Gasteiger partial charge in [0.1, 0.15) is 17.9 Å². The van der Waals surface area contributed by atoms with Crippen molar-refractivity contribution in [3.63, 3.8) is 0 Å². The van der Waals surface area contributed by atoms with Crippen molar-refractivity contribution < 1.29 is 19.0 Å². The molecule has 0 fully saturated rings. The average molecular weight is 422 g/mol. The van der Waals surface area contributed by atoms with Gasteiger partial charge in [-0.25, -0.2) is 19.4 Å². The van der Waals surface area contributed by atoms with Crippen LogP contribution in [-0.4, -0.2) is 59.0 Å². The Morgan fingerprint density at radius 3 is 2.58 bits per heavy atom. The van der Waals surface area contributed by atoms with Crippen molar-refractivity contribution in [2.24, 2.45) is 0 Å². The van der Waals surface area contributed by atoms with Crippen LogP contribution in [0, 0.1) is 10.8 Å². The second-order valence-corrected chi connectivity index (χ2v) is 6.41.